The molecule has 0 aromatic heterocycles. The summed E-state index contributed by atoms with van der Waals surface area (Å²) in [6.45, 7) is -0.325. The van der Waals surface area contributed by atoms with Crippen LogP contribution >= 0.6 is 0 Å². The fraction of sp³-hybridized carbons (Fsp3) is 0.708. The van der Waals surface area contributed by atoms with E-state index in [0.717, 1.165) is 50.5 Å². The van der Waals surface area contributed by atoms with Crippen molar-refractivity contribution in [1.29, 1.82) is 0 Å². The second-order valence-electron chi connectivity index (χ2n) is 9.42. The molecule has 2 fully saturated rings. The van der Waals surface area contributed by atoms with Gasteiger partial charge >= 0.3 is 5.97 Å². The lowest BCUT2D eigenvalue weighted by Crippen LogP contribution is -2.29. The molecule has 0 bridgehead atoms. The molecular weight excluding hydrogens is 368 g/mol. The maximum atomic E-state index is 10.9. The standard InChI is InChI=1S/C24H34O5/c25-21(15-5-2-1-3-6-15)10-9-18-19-11-16-7-4-8-23(29-14-24(27)28)20(16)12-17(19)13-22(18)26/h4,7-8,15,17-19,21-22,25-26H,1-3,5-6,9-14H2,(H,27,28)/t17-,18+,19-,21+,22+/m0/s1. The van der Waals surface area contributed by atoms with Crippen LogP contribution in [0, 0.1) is 23.7 Å². The molecule has 0 saturated heterocycles. The summed E-state index contributed by atoms with van der Waals surface area (Å²) in [5.74, 6) is 1.24. The molecule has 0 unspecified atom stereocenters. The van der Waals surface area contributed by atoms with Crippen LogP contribution in [0.5, 0.6) is 5.75 Å². The first-order valence-electron chi connectivity index (χ1n) is 11.3. The fourth-order valence-electron chi connectivity index (χ4n) is 6.20. The van der Waals surface area contributed by atoms with Crippen LogP contribution in [0.2, 0.25) is 0 Å². The van der Waals surface area contributed by atoms with E-state index in [1.54, 1.807) is 0 Å². The molecule has 0 spiro atoms. The monoisotopic (exact) mass is 402 g/mol. The van der Waals surface area contributed by atoms with Crippen molar-refractivity contribution < 1.29 is 24.9 Å². The summed E-state index contributed by atoms with van der Waals surface area (Å²) in [6, 6.07) is 5.90. The molecule has 0 amide bonds. The van der Waals surface area contributed by atoms with Crippen LogP contribution in [0.4, 0.5) is 0 Å². The van der Waals surface area contributed by atoms with Gasteiger partial charge in [-0.15, -0.1) is 0 Å². The molecule has 3 aliphatic carbocycles. The number of aliphatic carboxylic acids is 1. The lowest BCUT2D eigenvalue weighted by molar-refractivity contribution is -0.139. The molecule has 0 radical (unpaired) electrons. The predicted octanol–water partition coefficient (Wildman–Crippen LogP) is 3.58. The van der Waals surface area contributed by atoms with Crippen molar-refractivity contribution in [1.82, 2.24) is 0 Å². The summed E-state index contributed by atoms with van der Waals surface area (Å²) in [6.07, 6.45) is 9.76. The molecule has 1 aromatic carbocycles. The quantitative estimate of drug-likeness (QED) is 0.649. The molecule has 3 N–H and O–H groups in total. The largest absolute Gasteiger partial charge is 0.482 e. The molecule has 160 valence electrons. The van der Waals surface area contributed by atoms with Crippen LogP contribution in [0.15, 0.2) is 18.2 Å². The van der Waals surface area contributed by atoms with E-state index >= 15 is 0 Å². The van der Waals surface area contributed by atoms with Crippen LogP contribution in [-0.2, 0) is 17.6 Å². The van der Waals surface area contributed by atoms with Crippen molar-refractivity contribution >= 4 is 5.97 Å². The van der Waals surface area contributed by atoms with Crippen molar-refractivity contribution in [3.05, 3.63) is 29.3 Å². The number of fused-ring (bicyclic) bond motifs is 2. The van der Waals surface area contributed by atoms with Gasteiger partial charge in [0, 0.05) is 0 Å². The molecule has 5 atom stereocenters. The minimum absolute atomic E-state index is 0.228. The Balaban J connectivity index is 1.41. The van der Waals surface area contributed by atoms with Gasteiger partial charge in [0.15, 0.2) is 6.61 Å². The highest BCUT2D eigenvalue weighted by Gasteiger charge is 2.45. The van der Waals surface area contributed by atoms with Gasteiger partial charge in [-0.25, -0.2) is 4.79 Å². The van der Waals surface area contributed by atoms with E-state index in [4.69, 9.17) is 9.84 Å². The second-order valence-corrected chi connectivity index (χ2v) is 9.42. The predicted molar refractivity (Wildman–Crippen MR) is 110 cm³/mol. The van der Waals surface area contributed by atoms with E-state index in [1.807, 2.05) is 12.1 Å². The first-order valence-corrected chi connectivity index (χ1v) is 11.3. The van der Waals surface area contributed by atoms with Crippen molar-refractivity contribution in [3.63, 3.8) is 0 Å². The molecule has 2 saturated carbocycles. The Labute approximate surface area is 173 Å². The van der Waals surface area contributed by atoms with Crippen LogP contribution in [0.3, 0.4) is 0 Å². The smallest absolute Gasteiger partial charge is 0.341 e. The fourth-order valence-corrected chi connectivity index (χ4v) is 6.20. The van der Waals surface area contributed by atoms with Gasteiger partial charge in [-0.05, 0) is 85.8 Å². The zero-order valence-corrected chi connectivity index (χ0v) is 17.1. The Hall–Kier alpha value is -1.59. The lowest BCUT2D eigenvalue weighted by atomic mass is 9.73. The number of ether oxygens (including phenoxy) is 1. The first-order chi connectivity index (χ1) is 14.0. The number of aliphatic hydroxyl groups excluding tert-OH is 2. The number of carboxylic acid groups (broad SMARTS) is 1. The SMILES string of the molecule is O=C(O)COc1cccc2c1C[C@H]1C[C@@H](O)[C@H](CC[C@@H](O)C3CCCCC3)[C@H]1C2. The summed E-state index contributed by atoms with van der Waals surface area (Å²) >= 11 is 0. The van der Waals surface area contributed by atoms with Crippen LogP contribution in [-0.4, -0.2) is 40.1 Å². The average molecular weight is 403 g/mol. The van der Waals surface area contributed by atoms with E-state index in [2.05, 4.69) is 6.07 Å². The third-order valence-electron chi connectivity index (χ3n) is 7.69. The molecule has 0 heterocycles. The molecule has 1 aromatic rings. The number of rotatable bonds is 7. The Morgan fingerprint density at radius 3 is 2.72 bits per heavy atom. The van der Waals surface area contributed by atoms with Crippen LogP contribution in [0.25, 0.3) is 0 Å². The topological polar surface area (TPSA) is 87.0 Å². The zero-order chi connectivity index (χ0) is 20.4. The maximum absolute atomic E-state index is 10.9. The number of hydrogen-bond donors (Lipinski definition) is 3. The highest BCUT2D eigenvalue weighted by atomic mass is 16.5. The molecular formula is C24H34O5. The van der Waals surface area contributed by atoms with Crippen LogP contribution < -0.4 is 4.74 Å². The minimum Gasteiger partial charge on any atom is -0.482 e. The van der Waals surface area contributed by atoms with E-state index in [1.165, 1.54) is 24.8 Å². The van der Waals surface area contributed by atoms with Gasteiger partial charge < -0.3 is 20.1 Å². The Bertz CT molecular complexity index is 711. The number of carbonyl (C=O) groups is 1. The second kappa shape index (κ2) is 9.05. The molecule has 5 heteroatoms. The van der Waals surface area contributed by atoms with E-state index < -0.39 is 5.97 Å². The Kier molecular flexibility index (Phi) is 6.45. The molecule has 0 aliphatic heterocycles. The van der Waals surface area contributed by atoms with Gasteiger partial charge in [0.1, 0.15) is 5.75 Å². The van der Waals surface area contributed by atoms with Crippen molar-refractivity contribution in [2.75, 3.05) is 6.61 Å². The van der Waals surface area contributed by atoms with Gasteiger partial charge in [-0.3, -0.25) is 0 Å². The van der Waals surface area contributed by atoms with Crippen LogP contribution in [0.1, 0.15) is 62.5 Å². The van der Waals surface area contributed by atoms with Crippen molar-refractivity contribution in [2.24, 2.45) is 23.7 Å². The van der Waals surface area contributed by atoms with Gasteiger partial charge in [0.2, 0.25) is 0 Å². The average Bonchev–Trinajstić information content (AvgIpc) is 3.03. The van der Waals surface area contributed by atoms with E-state index in [0.29, 0.717) is 23.5 Å². The summed E-state index contributed by atoms with van der Waals surface area (Å²) < 4.78 is 5.52. The van der Waals surface area contributed by atoms with Crippen molar-refractivity contribution in [3.8, 4) is 5.75 Å². The molecule has 29 heavy (non-hydrogen) atoms. The highest BCUT2D eigenvalue weighted by Crippen LogP contribution is 2.48. The Morgan fingerprint density at radius 2 is 1.97 bits per heavy atom. The molecule has 5 nitrogen and oxygen atoms in total. The maximum Gasteiger partial charge on any atom is 0.341 e. The van der Waals surface area contributed by atoms with Gasteiger partial charge in [0.05, 0.1) is 12.2 Å². The lowest BCUT2D eigenvalue weighted by Gasteiger charge is -2.33. The molecule has 3 aliphatic rings. The third kappa shape index (κ3) is 4.61. The zero-order valence-electron chi connectivity index (χ0n) is 17.1. The van der Waals surface area contributed by atoms with Gasteiger partial charge in [0.25, 0.3) is 0 Å². The number of carboxylic acids is 1. The van der Waals surface area contributed by atoms with Gasteiger partial charge in [-0.2, -0.15) is 0 Å². The minimum atomic E-state index is -0.968. The summed E-state index contributed by atoms with van der Waals surface area (Å²) in [7, 11) is 0. The normalized spacial score (nSPS) is 30.4. The summed E-state index contributed by atoms with van der Waals surface area (Å²) in [5.41, 5.74) is 2.34. The highest BCUT2D eigenvalue weighted by molar-refractivity contribution is 5.68. The summed E-state index contributed by atoms with van der Waals surface area (Å²) in [4.78, 5) is 10.9. The Morgan fingerprint density at radius 1 is 1.17 bits per heavy atom. The van der Waals surface area contributed by atoms with Gasteiger partial charge in [-0.1, -0.05) is 31.4 Å². The number of benzene rings is 1. The molecule has 4 rings (SSSR count). The summed E-state index contributed by atoms with van der Waals surface area (Å²) in [5, 5.41) is 30.4. The van der Waals surface area contributed by atoms with E-state index in [-0.39, 0.29) is 24.7 Å². The number of aliphatic hydroxyl groups is 2. The van der Waals surface area contributed by atoms with Crippen molar-refractivity contribution in [2.45, 2.75) is 76.4 Å². The first kappa shape index (κ1) is 20.7. The third-order valence-corrected chi connectivity index (χ3v) is 7.69. The number of hydrogen-bond acceptors (Lipinski definition) is 4. The van der Waals surface area contributed by atoms with E-state index in [9.17, 15) is 15.0 Å².